The quantitative estimate of drug-likeness (QED) is 0.825. The highest BCUT2D eigenvalue weighted by Gasteiger charge is 2.20. The summed E-state index contributed by atoms with van der Waals surface area (Å²) in [5.74, 6) is -0.897. The summed E-state index contributed by atoms with van der Waals surface area (Å²) in [6, 6.07) is 0.262. The van der Waals surface area contributed by atoms with E-state index in [0.29, 0.717) is 30.1 Å². The Kier molecular flexibility index (Phi) is 5.55. The fraction of sp³-hybridized carbons (Fsp3) is 0.667. The number of nitrogens with zero attached hydrogens (tertiary/aromatic N) is 2. The van der Waals surface area contributed by atoms with Crippen LogP contribution >= 0.6 is 11.3 Å². The molecule has 1 aromatic rings. The molecule has 0 radical (unpaired) electrons. The maximum Gasteiger partial charge on any atom is 0.347 e. The minimum Gasteiger partial charge on any atom is -0.477 e. The maximum absolute atomic E-state index is 11.1. The molecule has 0 amide bonds. The molecule has 1 N–H and O–H groups in total. The van der Waals surface area contributed by atoms with Crippen LogP contribution in [0.5, 0.6) is 0 Å². The Bertz CT molecular complexity index is 404. The predicted octanol–water partition coefficient (Wildman–Crippen LogP) is 2.26. The number of hydrogen-bond donors (Lipinski definition) is 1. The Labute approximate surface area is 111 Å². The fourth-order valence-electron chi connectivity index (χ4n) is 1.63. The molecule has 6 heteroatoms. The van der Waals surface area contributed by atoms with Crippen molar-refractivity contribution in [1.82, 2.24) is 4.98 Å². The van der Waals surface area contributed by atoms with Crippen LogP contribution in [0, 0.1) is 0 Å². The van der Waals surface area contributed by atoms with E-state index in [1.165, 1.54) is 11.3 Å². The molecule has 0 fully saturated rings. The minimum absolute atomic E-state index is 0.262. The number of carboxylic acids is 1. The first kappa shape index (κ1) is 14.9. The molecule has 18 heavy (non-hydrogen) atoms. The van der Waals surface area contributed by atoms with Crippen molar-refractivity contribution in [2.75, 3.05) is 25.2 Å². The summed E-state index contributed by atoms with van der Waals surface area (Å²) in [4.78, 5) is 18.0. The molecule has 1 aromatic heterocycles. The Morgan fingerprint density at radius 3 is 2.61 bits per heavy atom. The Morgan fingerprint density at radius 2 is 2.22 bits per heavy atom. The van der Waals surface area contributed by atoms with Crippen molar-refractivity contribution < 1.29 is 14.6 Å². The third kappa shape index (κ3) is 3.43. The van der Waals surface area contributed by atoms with Crippen molar-refractivity contribution >= 4 is 22.4 Å². The van der Waals surface area contributed by atoms with Gasteiger partial charge in [0.05, 0.1) is 12.3 Å². The molecule has 0 spiro atoms. The van der Waals surface area contributed by atoms with Crippen molar-refractivity contribution in [3.63, 3.8) is 0 Å². The largest absolute Gasteiger partial charge is 0.477 e. The number of aryl methyl sites for hydroxylation is 1. The van der Waals surface area contributed by atoms with Crippen LogP contribution in [0.2, 0.25) is 0 Å². The average Bonchev–Trinajstić information content (AvgIpc) is 2.73. The van der Waals surface area contributed by atoms with Gasteiger partial charge in [0.25, 0.3) is 0 Å². The Balaban J connectivity index is 3.01. The molecule has 0 unspecified atom stereocenters. The number of hydrogen-bond acceptors (Lipinski definition) is 5. The predicted molar refractivity (Wildman–Crippen MR) is 72.8 cm³/mol. The van der Waals surface area contributed by atoms with E-state index in [9.17, 15) is 4.79 Å². The van der Waals surface area contributed by atoms with Gasteiger partial charge in [0.1, 0.15) is 4.88 Å². The average molecular weight is 272 g/mol. The molecule has 0 aromatic carbocycles. The number of anilines is 1. The number of ether oxygens (including phenoxy) is 1. The standard InChI is InChI=1S/C12H20N2O3S/c1-5-9-10(11(15)16)18-12(13-9)14(8(2)3)6-7-17-4/h8H,5-7H2,1-4H3,(H,15,16). The molecule has 0 atom stereocenters. The van der Waals surface area contributed by atoms with Gasteiger partial charge in [0.2, 0.25) is 0 Å². The van der Waals surface area contributed by atoms with Gasteiger partial charge in [-0.2, -0.15) is 0 Å². The van der Waals surface area contributed by atoms with Crippen LogP contribution in [0.25, 0.3) is 0 Å². The lowest BCUT2D eigenvalue weighted by atomic mass is 10.3. The highest BCUT2D eigenvalue weighted by molar-refractivity contribution is 7.17. The number of aromatic nitrogens is 1. The topological polar surface area (TPSA) is 62.7 Å². The van der Waals surface area contributed by atoms with Crippen molar-refractivity contribution in [1.29, 1.82) is 0 Å². The summed E-state index contributed by atoms with van der Waals surface area (Å²) in [5, 5.41) is 9.89. The van der Waals surface area contributed by atoms with Gasteiger partial charge in [-0.3, -0.25) is 0 Å². The van der Waals surface area contributed by atoms with Crippen LogP contribution in [0.4, 0.5) is 5.13 Å². The van der Waals surface area contributed by atoms with Gasteiger partial charge in [-0.1, -0.05) is 18.3 Å². The highest BCUT2D eigenvalue weighted by atomic mass is 32.1. The van der Waals surface area contributed by atoms with Gasteiger partial charge in [0, 0.05) is 19.7 Å². The summed E-state index contributed by atoms with van der Waals surface area (Å²) in [6.07, 6.45) is 0.633. The van der Waals surface area contributed by atoms with Crippen molar-refractivity contribution in [2.45, 2.75) is 33.2 Å². The summed E-state index contributed by atoms with van der Waals surface area (Å²) < 4.78 is 5.07. The molecular formula is C12H20N2O3S. The van der Waals surface area contributed by atoms with E-state index < -0.39 is 5.97 Å². The molecule has 5 nitrogen and oxygen atoms in total. The summed E-state index contributed by atoms with van der Waals surface area (Å²) in [5.41, 5.74) is 0.658. The minimum atomic E-state index is -0.897. The van der Waals surface area contributed by atoms with E-state index in [0.717, 1.165) is 5.13 Å². The lowest BCUT2D eigenvalue weighted by Gasteiger charge is -2.25. The van der Waals surface area contributed by atoms with Crippen LogP contribution in [0.1, 0.15) is 36.1 Å². The first-order valence-electron chi connectivity index (χ1n) is 5.99. The first-order valence-corrected chi connectivity index (χ1v) is 6.81. The zero-order valence-electron chi connectivity index (χ0n) is 11.3. The third-order valence-corrected chi connectivity index (χ3v) is 3.74. The number of aromatic carboxylic acids is 1. The van der Waals surface area contributed by atoms with E-state index in [1.807, 2.05) is 6.92 Å². The second kappa shape index (κ2) is 6.70. The molecule has 0 aliphatic heterocycles. The summed E-state index contributed by atoms with van der Waals surface area (Å²) >= 11 is 1.24. The van der Waals surface area contributed by atoms with Crippen LogP contribution < -0.4 is 4.90 Å². The van der Waals surface area contributed by atoms with Crippen molar-refractivity contribution in [2.24, 2.45) is 0 Å². The molecule has 0 aliphatic carbocycles. The Hall–Kier alpha value is -1.14. The molecule has 1 rings (SSSR count). The lowest BCUT2D eigenvalue weighted by Crippen LogP contribution is -2.33. The van der Waals surface area contributed by atoms with Gasteiger partial charge in [-0.25, -0.2) is 9.78 Å². The zero-order valence-corrected chi connectivity index (χ0v) is 12.1. The van der Waals surface area contributed by atoms with Gasteiger partial charge in [0.15, 0.2) is 5.13 Å². The molecule has 0 saturated carbocycles. The monoisotopic (exact) mass is 272 g/mol. The van der Waals surface area contributed by atoms with Crippen LogP contribution in [-0.2, 0) is 11.2 Å². The number of carbonyl (C=O) groups is 1. The van der Waals surface area contributed by atoms with Crippen molar-refractivity contribution in [3.05, 3.63) is 10.6 Å². The summed E-state index contributed by atoms with van der Waals surface area (Å²) in [7, 11) is 1.65. The third-order valence-electron chi connectivity index (χ3n) is 2.62. The number of methoxy groups -OCH3 is 1. The fourth-order valence-corrected chi connectivity index (χ4v) is 2.79. The van der Waals surface area contributed by atoms with Gasteiger partial charge in [-0.05, 0) is 20.3 Å². The second-order valence-electron chi connectivity index (χ2n) is 4.21. The van der Waals surface area contributed by atoms with E-state index in [2.05, 4.69) is 23.7 Å². The van der Waals surface area contributed by atoms with E-state index in [1.54, 1.807) is 7.11 Å². The SMILES string of the molecule is CCc1nc(N(CCOC)C(C)C)sc1C(=O)O. The normalized spacial score (nSPS) is 10.9. The van der Waals surface area contributed by atoms with E-state index in [4.69, 9.17) is 9.84 Å². The molecular weight excluding hydrogens is 252 g/mol. The smallest absolute Gasteiger partial charge is 0.347 e. The van der Waals surface area contributed by atoms with Crippen LogP contribution in [0.15, 0.2) is 0 Å². The van der Waals surface area contributed by atoms with Crippen LogP contribution in [-0.4, -0.2) is 42.4 Å². The lowest BCUT2D eigenvalue weighted by molar-refractivity contribution is 0.0701. The second-order valence-corrected chi connectivity index (χ2v) is 5.19. The Morgan fingerprint density at radius 1 is 1.56 bits per heavy atom. The van der Waals surface area contributed by atoms with Gasteiger partial charge < -0.3 is 14.7 Å². The number of rotatable bonds is 7. The van der Waals surface area contributed by atoms with Gasteiger partial charge in [-0.15, -0.1) is 0 Å². The number of thiazole rings is 1. The maximum atomic E-state index is 11.1. The molecule has 1 heterocycles. The molecule has 0 saturated heterocycles. The molecule has 102 valence electrons. The zero-order chi connectivity index (χ0) is 13.7. The summed E-state index contributed by atoms with van der Waals surface area (Å²) in [6.45, 7) is 7.35. The highest BCUT2D eigenvalue weighted by Crippen LogP contribution is 2.28. The van der Waals surface area contributed by atoms with Crippen molar-refractivity contribution in [3.8, 4) is 0 Å². The van der Waals surface area contributed by atoms with E-state index >= 15 is 0 Å². The molecule has 0 bridgehead atoms. The van der Waals surface area contributed by atoms with E-state index in [-0.39, 0.29) is 6.04 Å². The molecule has 0 aliphatic rings. The van der Waals surface area contributed by atoms with Crippen LogP contribution in [0.3, 0.4) is 0 Å². The first-order chi connectivity index (χ1) is 8.51. The van der Waals surface area contributed by atoms with Gasteiger partial charge >= 0.3 is 5.97 Å². The number of carboxylic acid groups (broad SMARTS) is 1.